The second-order valence-corrected chi connectivity index (χ2v) is 5.79. The van der Waals surface area contributed by atoms with Crippen LogP contribution in [0.2, 0.25) is 0 Å². The van der Waals surface area contributed by atoms with Crippen LogP contribution in [-0.4, -0.2) is 23.4 Å². The van der Waals surface area contributed by atoms with E-state index in [2.05, 4.69) is 9.89 Å². The highest BCUT2D eigenvalue weighted by atomic mass is 19.1. The van der Waals surface area contributed by atoms with E-state index >= 15 is 0 Å². The second kappa shape index (κ2) is 5.81. The summed E-state index contributed by atoms with van der Waals surface area (Å²) < 4.78 is 14.1. The Morgan fingerprint density at radius 2 is 1.80 bits per heavy atom. The Kier molecular flexibility index (Phi) is 3.90. The molecule has 1 atom stereocenters. The summed E-state index contributed by atoms with van der Waals surface area (Å²) in [6.07, 6.45) is 7.34. The number of guanidine groups is 1. The third-order valence-electron chi connectivity index (χ3n) is 4.51. The summed E-state index contributed by atoms with van der Waals surface area (Å²) in [5.74, 6) is 0.436. The van der Waals surface area contributed by atoms with Crippen LogP contribution in [0.15, 0.2) is 29.3 Å². The van der Waals surface area contributed by atoms with Gasteiger partial charge in [0.15, 0.2) is 5.96 Å². The van der Waals surface area contributed by atoms with Gasteiger partial charge in [0.05, 0.1) is 12.6 Å². The molecule has 1 aliphatic carbocycles. The van der Waals surface area contributed by atoms with E-state index in [0.717, 1.165) is 18.4 Å². The van der Waals surface area contributed by atoms with Crippen molar-refractivity contribution in [2.45, 2.75) is 50.6 Å². The molecule has 108 valence electrons. The molecule has 0 amide bonds. The Hall–Kier alpha value is -1.58. The first kappa shape index (κ1) is 13.4. The zero-order valence-electron chi connectivity index (χ0n) is 11.8. The van der Waals surface area contributed by atoms with Gasteiger partial charge < -0.3 is 10.6 Å². The third kappa shape index (κ3) is 2.51. The average molecular weight is 275 g/mol. The maximum Gasteiger partial charge on any atom is 0.192 e. The van der Waals surface area contributed by atoms with Crippen LogP contribution in [0.25, 0.3) is 0 Å². The normalized spacial score (nSPS) is 24.6. The number of hydrogen-bond acceptors (Lipinski definition) is 3. The number of aliphatic imine (C=N–C) groups is 1. The summed E-state index contributed by atoms with van der Waals surface area (Å²) in [5, 5.41) is 0. The van der Waals surface area contributed by atoms with E-state index in [4.69, 9.17) is 5.73 Å². The number of hydrogen-bond donors (Lipinski definition) is 1. The SMILES string of the molecule is NC1=NCC(c2ccccc2F)N1C1CCCCCC1. The Labute approximate surface area is 119 Å². The van der Waals surface area contributed by atoms with Gasteiger partial charge in [-0.25, -0.2) is 4.39 Å². The molecule has 1 aliphatic heterocycles. The van der Waals surface area contributed by atoms with E-state index in [-0.39, 0.29) is 11.9 Å². The molecule has 4 heteroatoms. The Balaban J connectivity index is 1.86. The highest BCUT2D eigenvalue weighted by Gasteiger charge is 2.34. The van der Waals surface area contributed by atoms with E-state index in [9.17, 15) is 4.39 Å². The van der Waals surface area contributed by atoms with Crippen LogP contribution >= 0.6 is 0 Å². The molecule has 1 heterocycles. The predicted octanol–water partition coefficient (Wildman–Crippen LogP) is 3.22. The quantitative estimate of drug-likeness (QED) is 0.842. The fourth-order valence-electron chi connectivity index (χ4n) is 3.48. The molecule has 1 saturated carbocycles. The molecule has 1 fully saturated rings. The monoisotopic (exact) mass is 275 g/mol. The van der Waals surface area contributed by atoms with E-state index in [1.807, 2.05) is 12.1 Å². The van der Waals surface area contributed by atoms with Crippen LogP contribution in [0.5, 0.6) is 0 Å². The van der Waals surface area contributed by atoms with Crippen LogP contribution in [-0.2, 0) is 0 Å². The summed E-state index contributed by atoms with van der Waals surface area (Å²) in [6, 6.07) is 7.38. The van der Waals surface area contributed by atoms with Crippen molar-refractivity contribution in [1.29, 1.82) is 0 Å². The van der Waals surface area contributed by atoms with Crippen LogP contribution in [0.3, 0.4) is 0 Å². The summed E-state index contributed by atoms with van der Waals surface area (Å²) in [4.78, 5) is 6.55. The Morgan fingerprint density at radius 1 is 1.10 bits per heavy atom. The van der Waals surface area contributed by atoms with Crippen molar-refractivity contribution in [3.63, 3.8) is 0 Å². The highest BCUT2D eigenvalue weighted by molar-refractivity contribution is 5.80. The maximum absolute atomic E-state index is 14.1. The number of rotatable bonds is 2. The number of nitrogens with two attached hydrogens (primary N) is 1. The third-order valence-corrected chi connectivity index (χ3v) is 4.51. The van der Waals surface area contributed by atoms with Gasteiger partial charge in [0.1, 0.15) is 5.82 Å². The summed E-state index contributed by atoms with van der Waals surface area (Å²) in [6.45, 7) is 0.573. The average Bonchev–Trinajstić information content (AvgIpc) is 2.66. The number of benzene rings is 1. The van der Waals surface area contributed by atoms with Crippen LogP contribution in [0.4, 0.5) is 4.39 Å². The van der Waals surface area contributed by atoms with Gasteiger partial charge in [-0.1, -0.05) is 43.9 Å². The van der Waals surface area contributed by atoms with Gasteiger partial charge in [-0.2, -0.15) is 0 Å². The fraction of sp³-hybridized carbons (Fsp3) is 0.562. The highest BCUT2D eigenvalue weighted by Crippen LogP contribution is 2.33. The van der Waals surface area contributed by atoms with Crippen LogP contribution in [0, 0.1) is 5.82 Å². The summed E-state index contributed by atoms with van der Waals surface area (Å²) in [7, 11) is 0. The van der Waals surface area contributed by atoms with Gasteiger partial charge in [0.25, 0.3) is 0 Å². The molecule has 2 N–H and O–H groups in total. The molecular weight excluding hydrogens is 253 g/mol. The van der Waals surface area contributed by atoms with Crippen molar-refractivity contribution < 1.29 is 4.39 Å². The molecule has 1 aromatic rings. The maximum atomic E-state index is 14.1. The lowest BCUT2D eigenvalue weighted by Gasteiger charge is -2.34. The molecular formula is C16H22FN3. The van der Waals surface area contributed by atoms with Gasteiger partial charge >= 0.3 is 0 Å². The van der Waals surface area contributed by atoms with E-state index in [1.54, 1.807) is 6.07 Å². The predicted molar refractivity (Wildman–Crippen MR) is 79.0 cm³/mol. The lowest BCUT2D eigenvalue weighted by molar-refractivity contribution is 0.233. The van der Waals surface area contributed by atoms with Gasteiger partial charge in [-0.05, 0) is 18.9 Å². The summed E-state index contributed by atoms with van der Waals surface area (Å²) >= 11 is 0. The zero-order chi connectivity index (χ0) is 13.9. The van der Waals surface area contributed by atoms with Crippen LogP contribution < -0.4 is 5.73 Å². The lowest BCUT2D eigenvalue weighted by atomic mass is 10.0. The van der Waals surface area contributed by atoms with E-state index in [1.165, 1.54) is 31.7 Å². The molecule has 1 unspecified atom stereocenters. The Morgan fingerprint density at radius 3 is 2.50 bits per heavy atom. The molecule has 2 aliphatic rings. The molecule has 0 saturated heterocycles. The van der Waals surface area contributed by atoms with Crippen molar-refractivity contribution in [1.82, 2.24) is 4.90 Å². The minimum Gasteiger partial charge on any atom is -0.370 e. The second-order valence-electron chi connectivity index (χ2n) is 5.79. The molecule has 3 nitrogen and oxygen atoms in total. The molecule has 1 aromatic carbocycles. The molecule has 20 heavy (non-hydrogen) atoms. The smallest absolute Gasteiger partial charge is 0.192 e. The number of halogens is 1. The van der Waals surface area contributed by atoms with Crippen molar-refractivity contribution in [2.24, 2.45) is 10.7 Å². The van der Waals surface area contributed by atoms with Gasteiger partial charge in [0, 0.05) is 11.6 Å². The van der Waals surface area contributed by atoms with Crippen molar-refractivity contribution in [2.75, 3.05) is 6.54 Å². The first-order valence-corrected chi connectivity index (χ1v) is 7.60. The summed E-state index contributed by atoms with van der Waals surface area (Å²) in [5.41, 5.74) is 6.82. The Bertz CT molecular complexity index is 492. The van der Waals surface area contributed by atoms with Crippen LogP contribution in [0.1, 0.15) is 50.1 Å². The molecule has 0 bridgehead atoms. The first-order chi connectivity index (χ1) is 9.77. The van der Waals surface area contributed by atoms with Crippen molar-refractivity contribution in [3.8, 4) is 0 Å². The lowest BCUT2D eigenvalue weighted by Crippen LogP contribution is -2.43. The topological polar surface area (TPSA) is 41.6 Å². The minimum atomic E-state index is -0.152. The van der Waals surface area contributed by atoms with E-state index < -0.39 is 0 Å². The molecule has 0 spiro atoms. The van der Waals surface area contributed by atoms with Gasteiger partial charge in [-0.15, -0.1) is 0 Å². The minimum absolute atomic E-state index is 0.0284. The molecule has 3 rings (SSSR count). The largest absolute Gasteiger partial charge is 0.370 e. The van der Waals surface area contributed by atoms with E-state index in [0.29, 0.717) is 18.5 Å². The van der Waals surface area contributed by atoms with Gasteiger partial charge in [-0.3, -0.25) is 4.99 Å². The van der Waals surface area contributed by atoms with Gasteiger partial charge in [0.2, 0.25) is 0 Å². The first-order valence-electron chi connectivity index (χ1n) is 7.60. The van der Waals surface area contributed by atoms with Crippen molar-refractivity contribution in [3.05, 3.63) is 35.6 Å². The fourth-order valence-corrected chi connectivity index (χ4v) is 3.48. The molecule has 0 aromatic heterocycles. The molecule has 0 radical (unpaired) electrons. The number of nitrogens with zero attached hydrogens (tertiary/aromatic N) is 2. The zero-order valence-corrected chi connectivity index (χ0v) is 11.8. The standard InChI is InChI=1S/C16H22FN3/c17-14-10-6-5-9-13(14)15-11-19-16(18)20(15)12-7-3-1-2-4-8-12/h5-6,9-10,12,15H,1-4,7-8,11H2,(H2,18,19). The van der Waals surface area contributed by atoms with Crippen molar-refractivity contribution >= 4 is 5.96 Å².